The van der Waals surface area contributed by atoms with Gasteiger partial charge in [-0.3, -0.25) is 4.79 Å². The zero-order valence-corrected chi connectivity index (χ0v) is 14.4. The number of carbonyl (C=O) groups is 1. The van der Waals surface area contributed by atoms with Crippen molar-refractivity contribution < 1.29 is 13.9 Å². The largest absolute Gasteiger partial charge is 0.618 e. The molecule has 3 N–H and O–H groups in total. The maximum Gasteiger partial charge on any atom is 0.319 e. The molecule has 2 aromatic heterocycles. The van der Waals surface area contributed by atoms with Gasteiger partial charge < -0.3 is 16.3 Å². The second-order valence-corrected chi connectivity index (χ2v) is 5.75. The quantitative estimate of drug-likeness (QED) is 0.533. The molecule has 0 fully saturated rings. The molecule has 27 heavy (non-hydrogen) atoms. The lowest BCUT2D eigenvalue weighted by Crippen LogP contribution is -2.40. The topological polar surface area (TPSA) is 132 Å². The minimum atomic E-state index is -0.680. The number of fused-ring (bicyclic) bond motifs is 1. The van der Waals surface area contributed by atoms with Crippen LogP contribution in [0, 0.1) is 22.4 Å². The minimum Gasteiger partial charge on any atom is -0.618 e. The van der Waals surface area contributed by atoms with Crippen molar-refractivity contribution in [2.45, 2.75) is 13.3 Å². The number of benzene rings is 1. The Kier molecular flexibility index (Phi) is 4.81. The van der Waals surface area contributed by atoms with Crippen LogP contribution >= 0.6 is 0 Å². The molecule has 0 aliphatic heterocycles. The van der Waals surface area contributed by atoms with Crippen LogP contribution in [0.4, 0.5) is 10.1 Å². The van der Waals surface area contributed by atoms with E-state index < -0.39 is 11.7 Å². The fourth-order valence-corrected chi connectivity index (χ4v) is 2.79. The van der Waals surface area contributed by atoms with Crippen molar-refractivity contribution in [3.8, 4) is 17.3 Å². The molecule has 0 bridgehead atoms. The number of nitrogen functional groups attached to an aromatic ring is 1. The Hall–Kier alpha value is -3.80. The summed E-state index contributed by atoms with van der Waals surface area (Å²) < 4.78 is 14.9. The standard InChI is InChI=1S/C18H15FN6O2/c1-2-5-23-18(26)17-15(21)11-3-4-13(19)14(12(11)8-25(17)27)16-10(6-20)7-22-9-24-16/h3-4,7-9H,2,5,21H2,1H3,(H,23,26). The number of nitriles is 1. The van der Waals surface area contributed by atoms with Gasteiger partial charge in [-0.15, -0.1) is 0 Å². The van der Waals surface area contributed by atoms with Gasteiger partial charge >= 0.3 is 11.6 Å². The molecule has 1 aromatic carbocycles. The molecule has 0 saturated carbocycles. The van der Waals surface area contributed by atoms with Crippen molar-refractivity contribution in [1.29, 1.82) is 5.26 Å². The Balaban J connectivity index is 2.31. The van der Waals surface area contributed by atoms with E-state index in [2.05, 4.69) is 15.3 Å². The number of hydrogen-bond donors (Lipinski definition) is 2. The monoisotopic (exact) mass is 366 g/mol. The smallest absolute Gasteiger partial charge is 0.319 e. The number of hydrogen-bond acceptors (Lipinski definition) is 6. The third-order valence-electron chi connectivity index (χ3n) is 4.03. The minimum absolute atomic E-state index is 0.0400. The molecule has 0 saturated heterocycles. The highest BCUT2D eigenvalue weighted by Crippen LogP contribution is 2.34. The molecule has 1 amide bonds. The van der Waals surface area contributed by atoms with Crippen LogP contribution in [0.1, 0.15) is 29.4 Å². The van der Waals surface area contributed by atoms with E-state index in [4.69, 9.17) is 5.73 Å². The first-order valence-electron chi connectivity index (χ1n) is 8.12. The van der Waals surface area contributed by atoms with E-state index in [1.165, 1.54) is 18.6 Å². The highest BCUT2D eigenvalue weighted by molar-refractivity contribution is 6.08. The fraction of sp³-hybridized carbons (Fsp3) is 0.167. The van der Waals surface area contributed by atoms with Crippen molar-refractivity contribution in [3.05, 3.63) is 53.1 Å². The Bertz CT molecular complexity index is 1090. The Morgan fingerprint density at radius 2 is 2.22 bits per heavy atom. The first kappa shape index (κ1) is 18.0. The van der Waals surface area contributed by atoms with Gasteiger partial charge in [-0.2, -0.15) is 9.99 Å². The van der Waals surface area contributed by atoms with Crippen LogP contribution in [0.25, 0.3) is 22.0 Å². The number of pyridine rings is 1. The third kappa shape index (κ3) is 3.08. The molecule has 9 heteroatoms. The van der Waals surface area contributed by atoms with Gasteiger partial charge in [-0.1, -0.05) is 6.92 Å². The summed E-state index contributed by atoms with van der Waals surface area (Å²) in [6, 6.07) is 4.43. The normalized spacial score (nSPS) is 10.6. The van der Waals surface area contributed by atoms with Crippen molar-refractivity contribution in [1.82, 2.24) is 15.3 Å². The zero-order chi connectivity index (χ0) is 19.6. The van der Waals surface area contributed by atoms with Gasteiger partial charge in [0.1, 0.15) is 23.9 Å². The van der Waals surface area contributed by atoms with Gasteiger partial charge in [0.25, 0.3) is 0 Å². The first-order chi connectivity index (χ1) is 13.0. The summed E-state index contributed by atoms with van der Waals surface area (Å²) in [6.45, 7) is 2.26. The summed E-state index contributed by atoms with van der Waals surface area (Å²) in [5.41, 5.74) is 5.75. The predicted octanol–water partition coefficient (Wildman–Crippen LogP) is 1.66. The van der Waals surface area contributed by atoms with E-state index in [9.17, 15) is 19.7 Å². The highest BCUT2D eigenvalue weighted by atomic mass is 19.1. The molecule has 0 unspecified atom stereocenters. The highest BCUT2D eigenvalue weighted by Gasteiger charge is 2.26. The van der Waals surface area contributed by atoms with Crippen LogP contribution in [0.3, 0.4) is 0 Å². The molecule has 3 aromatic rings. The number of carbonyl (C=O) groups excluding carboxylic acids is 1. The summed E-state index contributed by atoms with van der Waals surface area (Å²) in [4.78, 5) is 20.0. The van der Waals surface area contributed by atoms with Gasteiger partial charge in [0.2, 0.25) is 0 Å². The van der Waals surface area contributed by atoms with Gasteiger partial charge in [-0.05, 0) is 18.6 Å². The average Bonchev–Trinajstić information content (AvgIpc) is 2.66. The number of halogens is 1. The average molecular weight is 366 g/mol. The van der Waals surface area contributed by atoms with E-state index in [-0.39, 0.29) is 33.6 Å². The van der Waals surface area contributed by atoms with Crippen LogP contribution in [-0.2, 0) is 0 Å². The van der Waals surface area contributed by atoms with Crippen molar-refractivity contribution in [3.63, 3.8) is 0 Å². The van der Waals surface area contributed by atoms with Crippen LogP contribution in [0.15, 0.2) is 30.9 Å². The first-order valence-corrected chi connectivity index (χ1v) is 8.12. The number of rotatable bonds is 4. The van der Waals surface area contributed by atoms with Crippen molar-refractivity contribution >= 4 is 22.4 Å². The Labute approximate surface area is 153 Å². The van der Waals surface area contributed by atoms with Crippen LogP contribution in [-0.4, -0.2) is 22.4 Å². The van der Waals surface area contributed by atoms with E-state index in [0.29, 0.717) is 23.1 Å². The van der Waals surface area contributed by atoms with Gasteiger partial charge in [-0.25, -0.2) is 14.4 Å². The number of aromatic nitrogens is 3. The summed E-state index contributed by atoms with van der Waals surface area (Å²) >= 11 is 0. The van der Waals surface area contributed by atoms with Crippen LogP contribution < -0.4 is 15.8 Å². The fourth-order valence-electron chi connectivity index (χ4n) is 2.79. The van der Waals surface area contributed by atoms with Crippen molar-refractivity contribution in [2.75, 3.05) is 12.3 Å². The molecule has 0 spiro atoms. The van der Waals surface area contributed by atoms with Crippen molar-refractivity contribution in [2.24, 2.45) is 0 Å². The van der Waals surface area contributed by atoms with E-state index in [0.717, 1.165) is 12.3 Å². The summed E-state index contributed by atoms with van der Waals surface area (Å²) in [5.74, 6) is -1.29. The lowest BCUT2D eigenvalue weighted by Gasteiger charge is -2.13. The summed E-state index contributed by atoms with van der Waals surface area (Å²) in [6.07, 6.45) is 4.18. The van der Waals surface area contributed by atoms with E-state index in [1.54, 1.807) is 0 Å². The molecule has 0 atom stereocenters. The molecule has 0 radical (unpaired) electrons. The van der Waals surface area contributed by atoms with E-state index in [1.807, 2.05) is 13.0 Å². The molecule has 136 valence electrons. The molecule has 0 aliphatic carbocycles. The third-order valence-corrected chi connectivity index (χ3v) is 4.03. The number of nitrogens with zero attached hydrogens (tertiary/aromatic N) is 4. The predicted molar refractivity (Wildman–Crippen MR) is 95.6 cm³/mol. The summed E-state index contributed by atoms with van der Waals surface area (Å²) in [5, 5.41) is 24.8. The Morgan fingerprint density at radius 1 is 1.44 bits per heavy atom. The number of anilines is 1. The molecular formula is C18H15FN6O2. The summed E-state index contributed by atoms with van der Waals surface area (Å²) in [7, 11) is 0. The van der Waals surface area contributed by atoms with Gasteiger partial charge in [0, 0.05) is 18.1 Å². The maximum atomic E-state index is 14.6. The van der Waals surface area contributed by atoms with Crippen LogP contribution in [0.2, 0.25) is 0 Å². The van der Waals surface area contributed by atoms with Crippen LogP contribution in [0.5, 0.6) is 0 Å². The van der Waals surface area contributed by atoms with Gasteiger partial charge in [0.15, 0.2) is 6.20 Å². The SMILES string of the molecule is CCCNC(=O)c1c(N)c2ccc(F)c(-c3ncncc3C#N)c2c[n+]1[O-]. The number of nitrogens with two attached hydrogens (primary N) is 1. The Morgan fingerprint density at radius 3 is 2.93 bits per heavy atom. The second-order valence-electron chi connectivity index (χ2n) is 5.75. The zero-order valence-electron chi connectivity index (χ0n) is 14.4. The molecular weight excluding hydrogens is 351 g/mol. The number of amides is 1. The lowest BCUT2D eigenvalue weighted by molar-refractivity contribution is -0.605. The lowest BCUT2D eigenvalue weighted by atomic mass is 9.99. The molecule has 3 rings (SSSR count). The molecule has 2 heterocycles. The molecule has 0 aliphatic rings. The second kappa shape index (κ2) is 7.21. The van der Waals surface area contributed by atoms with Gasteiger partial charge in [0.05, 0.1) is 22.2 Å². The maximum absolute atomic E-state index is 14.6. The van der Waals surface area contributed by atoms with E-state index >= 15 is 0 Å². The molecule has 8 nitrogen and oxygen atoms in total. The number of nitrogens with one attached hydrogen (secondary N) is 1.